The number of amides is 1. The van der Waals surface area contributed by atoms with E-state index in [4.69, 9.17) is 4.74 Å². The van der Waals surface area contributed by atoms with Crippen molar-refractivity contribution in [1.82, 2.24) is 5.43 Å². The van der Waals surface area contributed by atoms with Gasteiger partial charge in [-0.1, -0.05) is 0 Å². The number of nitrogens with one attached hydrogen (secondary N) is 1. The summed E-state index contributed by atoms with van der Waals surface area (Å²) in [4.78, 5) is 14.2. The van der Waals surface area contributed by atoms with Gasteiger partial charge in [-0.2, -0.15) is 5.10 Å². The first-order valence-corrected chi connectivity index (χ1v) is 9.21. The van der Waals surface area contributed by atoms with Crippen LogP contribution in [0.4, 0.5) is 0 Å². The summed E-state index contributed by atoms with van der Waals surface area (Å²) < 4.78 is 5.58. The molecule has 24 heavy (non-hydrogen) atoms. The number of aryl methyl sites for hydroxylation is 2. The molecule has 1 aromatic carbocycles. The van der Waals surface area contributed by atoms with Crippen molar-refractivity contribution in [2.75, 3.05) is 7.11 Å². The van der Waals surface area contributed by atoms with Gasteiger partial charge >= 0.3 is 0 Å². The van der Waals surface area contributed by atoms with Gasteiger partial charge in [0.15, 0.2) is 11.5 Å². The monoisotopic (exact) mass is 408 g/mol. The Labute approximate surface area is 152 Å². The maximum absolute atomic E-state index is 12.2. The van der Waals surface area contributed by atoms with Gasteiger partial charge < -0.3 is 9.84 Å². The molecule has 0 radical (unpaired) electrons. The molecule has 0 aliphatic heterocycles. The van der Waals surface area contributed by atoms with Gasteiger partial charge in [-0.3, -0.25) is 4.79 Å². The number of phenols is 1. The highest BCUT2D eigenvalue weighted by Gasteiger charge is 2.16. The normalized spacial score (nSPS) is 13.8. The molecule has 0 saturated carbocycles. The number of halogens is 1. The minimum Gasteiger partial charge on any atom is -0.503 e. The van der Waals surface area contributed by atoms with Crippen LogP contribution in [0, 0.1) is 0 Å². The molecule has 126 valence electrons. The van der Waals surface area contributed by atoms with Crippen molar-refractivity contribution in [3.63, 3.8) is 0 Å². The molecule has 2 N–H and O–H groups in total. The van der Waals surface area contributed by atoms with E-state index in [-0.39, 0.29) is 11.7 Å². The first kappa shape index (κ1) is 17.0. The fourth-order valence-electron chi connectivity index (χ4n) is 2.65. The number of hydrogen-bond acceptors (Lipinski definition) is 5. The van der Waals surface area contributed by atoms with Gasteiger partial charge in [0.1, 0.15) is 0 Å². The Hall–Kier alpha value is -1.86. The van der Waals surface area contributed by atoms with Crippen molar-refractivity contribution in [2.24, 2.45) is 5.10 Å². The Bertz CT molecular complexity index is 778. The zero-order chi connectivity index (χ0) is 17.1. The average Bonchev–Trinajstić information content (AvgIpc) is 3.02. The first-order valence-electron chi connectivity index (χ1n) is 7.60. The number of aromatic hydroxyl groups is 1. The summed E-state index contributed by atoms with van der Waals surface area (Å²) in [5, 5.41) is 13.8. The van der Waals surface area contributed by atoms with Gasteiger partial charge in [-0.05, 0) is 70.9 Å². The highest BCUT2D eigenvalue weighted by Crippen LogP contribution is 2.34. The maximum atomic E-state index is 12.2. The smallest absolute Gasteiger partial charge is 0.281 e. The summed E-state index contributed by atoms with van der Waals surface area (Å²) in [5.41, 5.74) is 4.55. The average molecular weight is 409 g/mol. The van der Waals surface area contributed by atoms with E-state index in [0.717, 1.165) is 12.8 Å². The molecule has 0 saturated heterocycles. The van der Waals surface area contributed by atoms with E-state index < -0.39 is 0 Å². The Morgan fingerprint density at radius 2 is 2.17 bits per heavy atom. The van der Waals surface area contributed by atoms with E-state index in [1.807, 2.05) is 6.07 Å². The van der Waals surface area contributed by atoms with Crippen LogP contribution in [-0.4, -0.2) is 24.3 Å². The van der Waals surface area contributed by atoms with Gasteiger partial charge in [-0.15, -0.1) is 11.3 Å². The summed E-state index contributed by atoms with van der Waals surface area (Å²) in [6.45, 7) is 0. The van der Waals surface area contributed by atoms with Crippen LogP contribution in [0.2, 0.25) is 0 Å². The van der Waals surface area contributed by atoms with Crippen molar-refractivity contribution in [1.29, 1.82) is 0 Å². The predicted molar refractivity (Wildman–Crippen MR) is 98.4 cm³/mol. The second-order valence-electron chi connectivity index (χ2n) is 5.52. The van der Waals surface area contributed by atoms with E-state index in [1.165, 1.54) is 36.6 Å². The summed E-state index contributed by atoms with van der Waals surface area (Å²) in [5.74, 6) is 0.168. The number of phenolic OH excluding ortho intramolecular Hbond substituents is 1. The number of carbonyl (C=O) groups excluding carboxylic acids is 1. The second-order valence-corrected chi connectivity index (χ2v) is 7.51. The van der Waals surface area contributed by atoms with Crippen molar-refractivity contribution in [2.45, 2.75) is 25.7 Å². The zero-order valence-electron chi connectivity index (χ0n) is 13.1. The molecular formula is C17H17BrN2O3S. The Morgan fingerprint density at radius 1 is 1.38 bits per heavy atom. The molecule has 3 rings (SSSR count). The first-order chi connectivity index (χ1) is 11.6. The molecule has 2 aromatic rings. The van der Waals surface area contributed by atoms with Crippen LogP contribution in [0.5, 0.6) is 11.5 Å². The Balaban J connectivity index is 1.69. The quantitative estimate of drug-likeness (QED) is 0.595. The van der Waals surface area contributed by atoms with E-state index in [2.05, 4.69) is 26.5 Å². The second kappa shape index (κ2) is 7.36. The minimum atomic E-state index is -0.199. The van der Waals surface area contributed by atoms with Crippen LogP contribution < -0.4 is 10.2 Å². The molecule has 1 aromatic heterocycles. The van der Waals surface area contributed by atoms with Crippen LogP contribution in [0.15, 0.2) is 27.8 Å². The van der Waals surface area contributed by atoms with Gasteiger partial charge in [0.2, 0.25) is 0 Å². The molecule has 5 nitrogen and oxygen atoms in total. The van der Waals surface area contributed by atoms with Crippen molar-refractivity contribution >= 4 is 39.4 Å². The van der Waals surface area contributed by atoms with E-state index in [9.17, 15) is 9.90 Å². The molecule has 1 heterocycles. The fourth-order valence-corrected chi connectivity index (χ4v) is 4.25. The van der Waals surface area contributed by atoms with Crippen molar-refractivity contribution in [3.8, 4) is 11.5 Å². The van der Waals surface area contributed by atoms with Gasteiger partial charge in [-0.25, -0.2) is 5.43 Å². The topological polar surface area (TPSA) is 70.9 Å². The van der Waals surface area contributed by atoms with E-state index in [0.29, 0.717) is 20.7 Å². The SMILES string of the molecule is COc1cc(C=NNC(=O)c2cc3c(s2)CCCC3)cc(Br)c1O. The van der Waals surface area contributed by atoms with Gasteiger partial charge in [0.25, 0.3) is 5.91 Å². The highest BCUT2D eigenvalue weighted by atomic mass is 79.9. The third kappa shape index (κ3) is 3.62. The lowest BCUT2D eigenvalue weighted by Crippen LogP contribution is -2.16. The van der Waals surface area contributed by atoms with Crippen LogP contribution in [-0.2, 0) is 12.8 Å². The lowest BCUT2D eigenvalue weighted by Gasteiger charge is -2.08. The molecular weight excluding hydrogens is 392 g/mol. The molecule has 7 heteroatoms. The third-order valence-corrected chi connectivity index (χ3v) is 5.71. The number of nitrogens with zero attached hydrogens (tertiary/aromatic N) is 1. The van der Waals surface area contributed by atoms with E-state index >= 15 is 0 Å². The van der Waals surface area contributed by atoms with Crippen LogP contribution in [0.3, 0.4) is 0 Å². The van der Waals surface area contributed by atoms with Crippen LogP contribution in [0.1, 0.15) is 38.5 Å². The fraction of sp³-hybridized carbons (Fsp3) is 0.294. The summed E-state index contributed by atoms with van der Waals surface area (Å²) in [6, 6.07) is 5.31. The molecule has 1 aliphatic rings. The number of methoxy groups -OCH3 is 1. The standard InChI is InChI=1S/C17H17BrN2O3S/c1-23-13-7-10(6-12(18)16(13)21)9-19-20-17(22)15-8-11-4-2-3-5-14(11)24-15/h6-9,21H,2-5H2,1H3,(H,20,22). The lowest BCUT2D eigenvalue weighted by molar-refractivity contribution is 0.0959. The maximum Gasteiger partial charge on any atom is 0.281 e. The Kier molecular flexibility index (Phi) is 5.20. The number of carbonyl (C=O) groups is 1. The number of ether oxygens (including phenoxy) is 1. The third-order valence-electron chi connectivity index (χ3n) is 3.87. The molecule has 1 amide bonds. The Morgan fingerprint density at radius 3 is 2.92 bits per heavy atom. The largest absolute Gasteiger partial charge is 0.503 e. The van der Waals surface area contributed by atoms with Crippen LogP contribution in [0.25, 0.3) is 0 Å². The predicted octanol–water partition coefficient (Wildman–Crippen LogP) is 3.87. The number of hydrazone groups is 1. The van der Waals surface area contributed by atoms with E-state index in [1.54, 1.807) is 23.5 Å². The lowest BCUT2D eigenvalue weighted by atomic mass is 9.99. The molecule has 0 bridgehead atoms. The van der Waals surface area contributed by atoms with Crippen LogP contribution >= 0.6 is 27.3 Å². The number of thiophene rings is 1. The molecule has 0 spiro atoms. The highest BCUT2D eigenvalue weighted by molar-refractivity contribution is 9.10. The molecule has 0 fully saturated rings. The molecule has 0 atom stereocenters. The summed E-state index contributed by atoms with van der Waals surface area (Å²) in [7, 11) is 1.47. The number of benzene rings is 1. The van der Waals surface area contributed by atoms with Gasteiger partial charge in [0, 0.05) is 4.88 Å². The zero-order valence-corrected chi connectivity index (χ0v) is 15.5. The molecule has 1 aliphatic carbocycles. The molecule has 0 unspecified atom stereocenters. The van der Waals surface area contributed by atoms with Crippen molar-refractivity contribution in [3.05, 3.63) is 43.6 Å². The summed E-state index contributed by atoms with van der Waals surface area (Å²) >= 11 is 4.80. The summed E-state index contributed by atoms with van der Waals surface area (Å²) in [6.07, 6.45) is 6.03. The van der Waals surface area contributed by atoms with Crippen molar-refractivity contribution < 1.29 is 14.6 Å². The number of hydrogen-bond donors (Lipinski definition) is 2. The van der Waals surface area contributed by atoms with Gasteiger partial charge in [0.05, 0.1) is 22.7 Å². The number of rotatable bonds is 4. The number of fused-ring (bicyclic) bond motifs is 1. The minimum absolute atomic E-state index is 0.0304.